The lowest BCUT2D eigenvalue weighted by molar-refractivity contribution is 0.131. The lowest BCUT2D eigenvalue weighted by Crippen LogP contribution is -2.20. The van der Waals surface area contributed by atoms with Gasteiger partial charge in [-0.05, 0) is 19.8 Å². The molecule has 0 spiro atoms. The Labute approximate surface area is 101 Å². The van der Waals surface area contributed by atoms with Gasteiger partial charge < -0.3 is 5.11 Å². The van der Waals surface area contributed by atoms with Crippen molar-refractivity contribution in [3.05, 3.63) is 16.9 Å². The zero-order valence-corrected chi connectivity index (χ0v) is 10.5. The van der Waals surface area contributed by atoms with Gasteiger partial charge in [-0.2, -0.15) is 5.10 Å². The van der Waals surface area contributed by atoms with Gasteiger partial charge >= 0.3 is 0 Å². The molecule has 0 radical (unpaired) electrons. The molecule has 2 rings (SSSR count). The molecule has 1 aliphatic carbocycles. The number of nitrogens with zero attached hydrogens (tertiary/aromatic N) is 2. The van der Waals surface area contributed by atoms with E-state index in [2.05, 4.69) is 12.0 Å². The molecule has 2 atom stereocenters. The van der Waals surface area contributed by atoms with Crippen LogP contribution in [0.25, 0.3) is 0 Å². The van der Waals surface area contributed by atoms with Gasteiger partial charge in [-0.15, -0.1) is 0 Å². The molecule has 0 aromatic carbocycles. The van der Waals surface area contributed by atoms with Crippen LogP contribution in [0.1, 0.15) is 50.6 Å². The third kappa shape index (κ3) is 2.25. The number of hydrogen-bond acceptors (Lipinski definition) is 2. The van der Waals surface area contributed by atoms with Crippen LogP contribution in [0.2, 0.25) is 5.02 Å². The van der Waals surface area contributed by atoms with Crippen molar-refractivity contribution in [3.8, 4) is 0 Å². The third-order valence-corrected chi connectivity index (χ3v) is 3.75. The van der Waals surface area contributed by atoms with Crippen LogP contribution < -0.4 is 0 Å². The fourth-order valence-electron chi connectivity index (χ4n) is 2.60. The fraction of sp³-hybridized carbons (Fsp3) is 0.750. The predicted molar refractivity (Wildman–Crippen MR) is 64.7 cm³/mol. The summed E-state index contributed by atoms with van der Waals surface area (Å²) in [5.74, 6) is 0.164. The highest BCUT2D eigenvalue weighted by Gasteiger charge is 2.28. The van der Waals surface area contributed by atoms with E-state index in [4.69, 9.17) is 11.6 Å². The van der Waals surface area contributed by atoms with Crippen LogP contribution in [-0.2, 0) is 6.54 Å². The molecular weight excluding hydrogens is 224 g/mol. The van der Waals surface area contributed by atoms with Crippen molar-refractivity contribution < 1.29 is 5.11 Å². The van der Waals surface area contributed by atoms with E-state index >= 15 is 0 Å². The van der Waals surface area contributed by atoms with Gasteiger partial charge in [0.05, 0.1) is 23.0 Å². The molecule has 1 aromatic rings. The Kier molecular flexibility index (Phi) is 3.87. The molecule has 1 saturated carbocycles. The van der Waals surface area contributed by atoms with E-state index in [1.165, 1.54) is 12.8 Å². The van der Waals surface area contributed by atoms with Crippen LogP contribution in [-0.4, -0.2) is 21.0 Å². The highest BCUT2D eigenvalue weighted by molar-refractivity contribution is 6.31. The van der Waals surface area contributed by atoms with E-state index < -0.39 is 0 Å². The van der Waals surface area contributed by atoms with E-state index in [-0.39, 0.29) is 12.0 Å². The molecule has 0 saturated heterocycles. The Balaban J connectivity index is 2.29. The quantitative estimate of drug-likeness (QED) is 0.810. The van der Waals surface area contributed by atoms with Crippen molar-refractivity contribution >= 4 is 11.6 Å². The Hall–Kier alpha value is -0.540. The molecule has 90 valence electrons. The molecule has 4 heteroatoms. The van der Waals surface area contributed by atoms with E-state index in [9.17, 15) is 5.11 Å². The number of halogens is 1. The molecule has 1 N–H and O–H groups in total. The molecule has 1 heterocycles. The maximum absolute atomic E-state index is 10.2. The van der Waals surface area contributed by atoms with Gasteiger partial charge in [0.15, 0.2) is 0 Å². The maximum Gasteiger partial charge on any atom is 0.0821 e. The van der Waals surface area contributed by atoms with Crippen LogP contribution >= 0.6 is 11.6 Å². The van der Waals surface area contributed by atoms with Gasteiger partial charge in [-0.1, -0.05) is 30.9 Å². The summed E-state index contributed by atoms with van der Waals surface area (Å²) in [6.45, 7) is 2.86. The smallest absolute Gasteiger partial charge is 0.0821 e. The predicted octanol–water partition coefficient (Wildman–Crippen LogP) is 2.97. The highest BCUT2D eigenvalue weighted by atomic mass is 35.5. The summed E-state index contributed by atoms with van der Waals surface area (Å²) in [6.07, 6.45) is 6.84. The molecule has 1 aliphatic rings. The molecule has 1 aromatic heterocycles. The molecule has 16 heavy (non-hydrogen) atoms. The van der Waals surface area contributed by atoms with Gasteiger partial charge in [0, 0.05) is 12.5 Å². The fourth-order valence-corrected chi connectivity index (χ4v) is 2.88. The summed E-state index contributed by atoms with van der Waals surface area (Å²) < 4.78 is 1.92. The van der Waals surface area contributed by atoms with Crippen molar-refractivity contribution in [2.75, 3.05) is 0 Å². The van der Waals surface area contributed by atoms with Crippen LogP contribution in [0, 0.1) is 0 Å². The van der Waals surface area contributed by atoms with E-state index in [1.54, 1.807) is 6.20 Å². The van der Waals surface area contributed by atoms with Crippen LogP contribution in [0.3, 0.4) is 0 Å². The van der Waals surface area contributed by atoms with Crippen molar-refractivity contribution in [2.24, 2.45) is 0 Å². The molecule has 3 nitrogen and oxygen atoms in total. The van der Waals surface area contributed by atoms with Gasteiger partial charge in [0.25, 0.3) is 0 Å². The Morgan fingerprint density at radius 1 is 1.44 bits per heavy atom. The summed E-state index contributed by atoms with van der Waals surface area (Å²) in [5.41, 5.74) is 1.03. The second-order valence-corrected chi connectivity index (χ2v) is 4.91. The second kappa shape index (κ2) is 5.19. The Bertz CT molecular complexity index is 351. The standard InChI is InChI=1S/C12H19ClN2O/c1-2-15-12(10(13)8-14-15)9-6-4-3-5-7-11(9)16/h8-9,11,16H,2-7H2,1H3. The number of aryl methyl sites for hydroxylation is 1. The van der Waals surface area contributed by atoms with Crippen LogP contribution in [0.5, 0.6) is 0 Å². The minimum atomic E-state index is -0.262. The summed E-state index contributed by atoms with van der Waals surface area (Å²) in [7, 11) is 0. The summed E-state index contributed by atoms with van der Waals surface area (Å²) in [5, 5.41) is 15.1. The SMILES string of the molecule is CCn1ncc(Cl)c1C1CCCCCC1O. The zero-order valence-electron chi connectivity index (χ0n) is 9.69. The number of aliphatic hydroxyl groups excluding tert-OH is 1. The highest BCUT2D eigenvalue weighted by Crippen LogP contribution is 2.35. The molecule has 0 amide bonds. The Morgan fingerprint density at radius 3 is 2.94 bits per heavy atom. The monoisotopic (exact) mass is 242 g/mol. The van der Waals surface area contributed by atoms with Crippen LogP contribution in [0.4, 0.5) is 0 Å². The number of aliphatic hydroxyl groups is 1. The molecule has 2 unspecified atom stereocenters. The summed E-state index contributed by atoms with van der Waals surface area (Å²) in [6, 6.07) is 0. The minimum Gasteiger partial charge on any atom is -0.392 e. The van der Waals surface area contributed by atoms with Crippen LogP contribution in [0.15, 0.2) is 6.20 Å². The second-order valence-electron chi connectivity index (χ2n) is 4.51. The van der Waals surface area contributed by atoms with Gasteiger partial charge in [0.1, 0.15) is 0 Å². The lowest BCUT2D eigenvalue weighted by atomic mass is 9.93. The van der Waals surface area contributed by atoms with E-state index in [0.717, 1.165) is 31.5 Å². The van der Waals surface area contributed by atoms with Gasteiger partial charge in [0.2, 0.25) is 0 Å². The average molecular weight is 243 g/mol. The third-order valence-electron chi connectivity index (χ3n) is 3.46. The van der Waals surface area contributed by atoms with Gasteiger partial charge in [-0.3, -0.25) is 4.68 Å². The average Bonchev–Trinajstić information content (AvgIpc) is 2.51. The molecule has 0 bridgehead atoms. The first-order chi connectivity index (χ1) is 7.74. The first-order valence-corrected chi connectivity index (χ1v) is 6.51. The molecular formula is C12H19ClN2O. The van der Waals surface area contributed by atoms with Crippen molar-refractivity contribution in [2.45, 2.75) is 57.6 Å². The molecule has 0 aliphatic heterocycles. The zero-order chi connectivity index (χ0) is 11.5. The first-order valence-electron chi connectivity index (χ1n) is 6.13. The normalized spacial score (nSPS) is 26.7. The minimum absolute atomic E-state index is 0.164. The summed E-state index contributed by atoms with van der Waals surface area (Å²) in [4.78, 5) is 0. The van der Waals surface area contributed by atoms with Crippen molar-refractivity contribution in [3.63, 3.8) is 0 Å². The Morgan fingerprint density at radius 2 is 2.19 bits per heavy atom. The molecule has 1 fully saturated rings. The number of aromatic nitrogens is 2. The van der Waals surface area contributed by atoms with Crippen molar-refractivity contribution in [1.29, 1.82) is 0 Å². The van der Waals surface area contributed by atoms with E-state index in [0.29, 0.717) is 5.02 Å². The topological polar surface area (TPSA) is 38.0 Å². The number of hydrogen-bond donors (Lipinski definition) is 1. The first kappa shape index (κ1) is 11.9. The number of rotatable bonds is 2. The van der Waals surface area contributed by atoms with Crippen molar-refractivity contribution in [1.82, 2.24) is 9.78 Å². The van der Waals surface area contributed by atoms with Gasteiger partial charge in [-0.25, -0.2) is 0 Å². The largest absolute Gasteiger partial charge is 0.392 e. The summed E-state index contributed by atoms with van der Waals surface area (Å²) >= 11 is 6.18. The lowest BCUT2D eigenvalue weighted by Gasteiger charge is -2.21. The van der Waals surface area contributed by atoms with E-state index in [1.807, 2.05) is 4.68 Å². The maximum atomic E-state index is 10.2.